The number of amides is 1. The highest BCUT2D eigenvalue weighted by atomic mass is 35.5. The lowest BCUT2D eigenvalue weighted by atomic mass is 10.1. The van der Waals surface area contributed by atoms with Crippen LogP contribution in [-0.4, -0.2) is 25.7 Å². The van der Waals surface area contributed by atoms with E-state index in [4.69, 9.17) is 15.2 Å². The van der Waals surface area contributed by atoms with E-state index in [0.717, 1.165) is 17.0 Å². The number of carbonyl (C=O) groups is 1. The van der Waals surface area contributed by atoms with Gasteiger partial charge in [0.25, 0.3) is 0 Å². The lowest BCUT2D eigenvalue weighted by Crippen LogP contribution is -2.26. The van der Waals surface area contributed by atoms with Crippen molar-refractivity contribution >= 4 is 24.0 Å². The minimum atomic E-state index is -0.208. The first-order chi connectivity index (χ1) is 11.7. The molecule has 2 aromatic rings. The van der Waals surface area contributed by atoms with E-state index in [9.17, 15) is 4.79 Å². The fourth-order valence-electron chi connectivity index (χ4n) is 2.04. The average Bonchev–Trinajstić information content (AvgIpc) is 2.62. The topological polar surface area (TPSA) is 73.6 Å². The maximum Gasteiger partial charge on any atom is 0.228 e. The van der Waals surface area contributed by atoms with Crippen molar-refractivity contribution in [3.05, 3.63) is 60.2 Å². The van der Waals surface area contributed by atoms with Gasteiger partial charge in [-0.1, -0.05) is 37.3 Å². The minimum Gasteiger partial charge on any atom is -0.491 e. The highest BCUT2D eigenvalue weighted by Crippen LogP contribution is 2.13. The van der Waals surface area contributed by atoms with Crippen molar-refractivity contribution in [3.63, 3.8) is 0 Å². The van der Waals surface area contributed by atoms with Crippen molar-refractivity contribution < 1.29 is 14.3 Å². The predicted octanol–water partition coefficient (Wildman–Crippen LogP) is 3.24. The van der Waals surface area contributed by atoms with Crippen LogP contribution >= 0.6 is 12.4 Å². The maximum absolute atomic E-state index is 11.8. The van der Waals surface area contributed by atoms with Crippen molar-refractivity contribution in [1.29, 1.82) is 0 Å². The van der Waals surface area contributed by atoms with Gasteiger partial charge in [0.05, 0.1) is 13.2 Å². The van der Waals surface area contributed by atoms with Gasteiger partial charge in [-0.15, -0.1) is 12.4 Å². The Hall–Kier alpha value is -2.08. The van der Waals surface area contributed by atoms with Crippen LogP contribution < -0.4 is 15.8 Å². The first-order valence-electron chi connectivity index (χ1n) is 8.04. The third kappa shape index (κ3) is 7.56. The Kier molecular flexibility index (Phi) is 9.62. The highest BCUT2D eigenvalue weighted by Gasteiger charge is 2.10. The third-order valence-corrected chi connectivity index (χ3v) is 3.50. The van der Waals surface area contributed by atoms with E-state index in [1.807, 2.05) is 54.6 Å². The molecule has 5 nitrogen and oxygen atoms in total. The molecule has 136 valence electrons. The molecule has 0 aliphatic carbocycles. The Balaban J connectivity index is 0.00000312. The summed E-state index contributed by atoms with van der Waals surface area (Å²) in [5.41, 5.74) is 7.25. The summed E-state index contributed by atoms with van der Waals surface area (Å²) in [4.78, 5) is 11.8. The van der Waals surface area contributed by atoms with Gasteiger partial charge in [-0.3, -0.25) is 4.79 Å². The zero-order valence-corrected chi connectivity index (χ0v) is 15.1. The number of rotatable bonds is 9. The number of ether oxygens (including phenoxy) is 2. The Morgan fingerprint density at radius 2 is 1.88 bits per heavy atom. The van der Waals surface area contributed by atoms with Crippen molar-refractivity contribution in [1.82, 2.24) is 0 Å². The van der Waals surface area contributed by atoms with Crippen LogP contribution in [0.15, 0.2) is 54.6 Å². The third-order valence-electron chi connectivity index (χ3n) is 3.50. The van der Waals surface area contributed by atoms with Crippen LogP contribution in [0.2, 0.25) is 0 Å². The molecule has 3 N–H and O–H groups in total. The van der Waals surface area contributed by atoms with Crippen LogP contribution in [0, 0.1) is 5.92 Å². The molecular weight excluding hydrogens is 340 g/mol. The monoisotopic (exact) mass is 364 g/mol. The lowest BCUT2D eigenvalue weighted by molar-refractivity contribution is -0.119. The molecule has 2 rings (SSSR count). The molecule has 0 aliphatic rings. The van der Waals surface area contributed by atoms with Gasteiger partial charge in [-0.25, -0.2) is 0 Å². The van der Waals surface area contributed by atoms with E-state index >= 15 is 0 Å². The van der Waals surface area contributed by atoms with Gasteiger partial charge >= 0.3 is 0 Å². The lowest BCUT2D eigenvalue weighted by Gasteiger charge is -2.11. The molecule has 0 aliphatic heterocycles. The van der Waals surface area contributed by atoms with Crippen LogP contribution in [0.1, 0.15) is 12.5 Å². The van der Waals surface area contributed by atoms with Crippen molar-refractivity contribution in [2.75, 3.05) is 25.1 Å². The van der Waals surface area contributed by atoms with E-state index in [1.54, 1.807) is 6.92 Å². The number of nitrogens with one attached hydrogen (secondary N) is 1. The summed E-state index contributed by atoms with van der Waals surface area (Å²) in [6.07, 6.45) is 0. The molecule has 0 fully saturated rings. The van der Waals surface area contributed by atoms with Crippen molar-refractivity contribution in [2.45, 2.75) is 13.5 Å². The minimum absolute atomic E-state index is 0. The number of para-hydroxylation sites is 1. The van der Waals surface area contributed by atoms with Gasteiger partial charge < -0.3 is 20.5 Å². The van der Waals surface area contributed by atoms with E-state index in [-0.39, 0.29) is 24.2 Å². The summed E-state index contributed by atoms with van der Waals surface area (Å²) in [5.74, 6) is 0.548. The second-order valence-corrected chi connectivity index (χ2v) is 5.54. The number of hydrogen-bond acceptors (Lipinski definition) is 4. The molecule has 1 atom stereocenters. The largest absolute Gasteiger partial charge is 0.491 e. The SMILES string of the molecule is CC(CN)C(=O)Nc1cccc(COCCOc2ccccc2)c1.Cl. The molecule has 0 aromatic heterocycles. The normalized spacial score (nSPS) is 11.3. The number of anilines is 1. The first-order valence-corrected chi connectivity index (χ1v) is 8.04. The average molecular weight is 365 g/mol. The molecule has 0 saturated carbocycles. The fraction of sp³-hybridized carbons (Fsp3) is 0.316. The molecule has 6 heteroatoms. The quantitative estimate of drug-likeness (QED) is 0.670. The van der Waals surface area contributed by atoms with Gasteiger partial charge in [-0.2, -0.15) is 0 Å². The van der Waals surface area contributed by atoms with E-state index < -0.39 is 0 Å². The summed E-state index contributed by atoms with van der Waals surface area (Å²) >= 11 is 0. The summed E-state index contributed by atoms with van der Waals surface area (Å²) < 4.78 is 11.2. The molecule has 0 radical (unpaired) electrons. The Bertz CT molecular complexity index is 638. The summed E-state index contributed by atoms with van der Waals surface area (Å²) in [5, 5.41) is 2.86. The molecule has 2 aromatic carbocycles. The van der Waals surface area contributed by atoms with Crippen molar-refractivity contribution in [3.8, 4) is 5.75 Å². The number of carbonyl (C=O) groups excluding carboxylic acids is 1. The standard InChI is InChI=1S/C19H24N2O3.ClH/c1-15(13-20)19(22)21-17-7-5-6-16(12-17)14-23-10-11-24-18-8-3-2-4-9-18;/h2-9,12,15H,10-11,13-14,20H2,1H3,(H,21,22);1H. The van der Waals surface area contributed by atoms with Crippen LogP contribution in [-0.2, 0) is 16.1 Å². The zero-order valence-electron chi connectivity index (χ0n) is 14.3. The number of halogens is 1. The smallest absolute Gasteiger partial charge is 0.228 e. The first kappa shape index (κ1) is 21.0. The number of nitrogens with two attached hydrogens (primary N) is 1. The van der Waals surface area contributed by atoms with E-state index in [0.29, 0.717) is 26.4 Å². The van der Waals surface area contributed by atoms with Crippen LogP contribution in [0.4, 0.5) is 5.69 Å². The zero-order chi connectivity index (χ0) is 17.2. The van der Waals surface area contributed by atoms with E-state index in [1.165, 1.54) is 0 Å². The predicted molar refractivity (Wildman–Crippen MR) is 102 cm³/mol. The van der Waals surface area contributed by atoms with Gasteiger partial charge in [-0.05, 0) is 29.8 Å². The Labute approximate surface area is 154 Å². The summed E-state index contributed by atoms with van der Waals surface area (Å²) in [6.45, 7) is 3.59. The van der Waals surface area contributed by atoms with Gasteiger partial charge in [0.15, 0.2) is 0 Å². The summed E-state index contributed by atoms with van der Waals surface area (Å²) in [6, 6.07) is 17.2. The second-order valence-electron chi connectivity index (χ2n) is 5.54. The molecule has 0 bridgehead atoms. The molecule has 25 heavy (non-hydrogen) atoms. The molecule has 0 saturated heterocycles. The van der Waals surface area contributed by atoms with Crippen LogP contribution in [0.25, 0.3) is 0 Å². The molecule has 1 unspecified atom stereocenters. The van der Waals surface area contributed by atoms with Gasteiger partial charge in [0, 0.05) is 18.2 Å². The Morgan fingerprint density at radius 1 is 1.12 bits per heavy atom. The second kappa shape index (κ2) is 11.5. The van der Waals surface area contributed by atoms with Gasteiger partial charge in [0.1, 0.15) is 12.4 Å². The fourth-order valence-corrected chi connectivity index (χ4v) is 2.04. The Morgan fingerprint density at radius 3 is 2.60 bits per heavy atom. The molecule has 0 heterocycles. The molecule has 1 amide bonds. The van der Waals surface area contributed by atoms with Crippen LogP contribution in [0.5, 0.6) is 5.75 Å². The maximum atomic E-state index is 11.8. The molecule has 0 spiro atoms. The highest BCUT2D eigenvalue weighted by molar-refractivity contribution is 5.92. The summed E-state index contributed by atoms with van der Waals surface area (Å²) in [7, 11) is 0. The van der Waals surface area contributed by atoms with E-state index in [2.05, 4.69) is 5.32 Å². The molecular formula is C19H25ClN2O3. The van der Waals surface area contributed by atoms with Crippen molar-refractivity contribution in [2.24, 2.45) is 11.7 Å². The van der Waals surface area contributed by atoms with Gasteiger partial charge in [0.2, 0.25) is 5.91 Å². The van der Waals surface area contributed by atoms with Crippen LogP contribution in [0.3, 0.4) is 0 Å². The number of benzene rings is 2. The number of hydrogen-bond donors (Lipinski definition) is 2.